The SMILES string of the molecule is Cc1ccc(C(F)(F)F)cc1C(=O)NC1CCN(C[C@H]2CCCO2)CC1. The van der Waals surface area contributed by atoms with Crippen LogP contribution in [-0.4, -0.2) is 49.2 Å². The highest BCUT2D eigenvalue weighted by atomic mass is 19.4. The summed E-state index contributed by atoms with van der Waals surface area (Å²) in [5, 5.41) is 2.90. The smallest absolute Gasteiger partial charge is 0.377 e. The molecule has 2 aliphatic rings. The highest BCUT2D eigenvalue weighted by molar-refractivity contribution is 5.96. The van der Waals surface area contributed by atoms with E-state index in [1.165, 1.54) is 6.07 Å². The standard InChI is InChI=1S/C19H25F3N2O2/c1-13-4-5-14(19(20,21)22)11-17(13)18(25)23-15-6-8-24(9-7-15)12-16-3-2-10-26-16/h4-5,11,15-16H,2-3,6-10,12H2,1H3,(H,23,25)/t16-/m1/s1. The van der Waals surface area contributed by atoms with E-state index in [4.69, 9.17) is 4.74 Å². The maximum atomic E-state index is 12.9. The number of piperidine rings is 1. The molecule has 1 aromatic carbocycles. The minimum atomic E-state index is -4.45. The molecule has 0 bridgehead atoms. The molecule has 0 saturated carbocycles. The van der Waals surface area contributed by atoms with Gasteiger partial charge in [0, 0.05) is 37.8 Å². The zero-order valence-electron chi connectivity index (χ0n) is 14.9. The number of benzene rings is 1. The molecule has 2 saturated heterocycles. The van der Waals surface area contributed by atoms with Gasteiger partial charge < -0.3 is 15.0 Å². The highest BCUT2D eigenvalue weighted by Gasteiger charge is 2.32. The number of aryl methyl sites for hydroxylation is 1. The quantitative estimate of drug-likeness (QED) is 0.883. The summed E-state index contributed by atoms with van der Waals surface area (Å²) in [5.41, 5.74) is -0.146. The summed E-state index contributed by atoms with van der Waals surface area (Å²) in [6, 6.07) is 3.30. The summed E-state index contributed by atoms with van der Waals surface area (Å²) in [5.74, 6) is -0.425. The first-order valence-corrected chi connectivity index (χ1v) is 9.15. The average Bonchev–Trinajstić information content (AvgIpc) is 3.09. The summed E-state index contributed by atoms with van der Waals surface area (Å²) >= 11 is 0. The Hall–Kier alpha value is -1.60. The van der Waals surface area contributed by atoms with Crippen LogP contribution in [0.3, 0.4) is 0 Å². The predicted molar refractivity (Wildman–Crippen MR) is 92.1 cm³/mol. The van der Waals surface area contributed by atoms with Crippen molar-refractivity contribution in [1.29, 1.82) is 0 Å². The number of likely N-dealkylation sites (tertiary alicyclic amines) is 1. The zero-order valence-corrected chi connectivity index (χ0v) is 14.9. The van der Waals surface area contributed by atoms with Crippen molar-refractivity contribution in [3.05, 3.63) is 34.9 Å². The average molecular weight is 370 g/mol. The van der Waals surface area contributed by atoms with Crippen LogP contribution < -0.4 is 5.32 Å². The fourth-order valence-corrected chi connectivity index (χ4v) is 3.64. The van der Waals surface area contributed by atoms with Crippen molar-refractivity contribution in [3.63, 3.8) is 0 Å². The molecule has 1 N–H and O–H groups in total. The van der Waals surface area contributed by atoms with Crippen LogP contribution in [0.15, 0.2) is 18.2 Å². The molecule has 0 spiro atoms. The van der Waals surface area contributed by atoms with Gasteiger partial charge in [0.1, 0.15) is 0 Å². The van der Waals surface area contributed by atoms with Crippen LogP contribution in [-0.2, 0) is 10.9 Å². The van der Waals surface area contributed by atoms with Gasteiger partial charge in [-0.2, -0.15) is 13.2 Å². The minimum absolute atomic E-state index is 0.00260. The molecule has 1 atom stereocenters. The second kappa shape index (κ2) is 7.96. The molecule has 4 nitrogen and oxygen atoms in total. The zero-order chi connectivity index (χ0) is 18.7. The van der Waals surface area contributed by atoms with E-state index in [-0.39, 0.29) is 11.6 Å². The van der Waals surface area contributed by atoms with Crippen LogP contribution in [0, 0.1) is 6.92 Å². The summed E-state index contributed by atoms with van der Waals surface area (Å²) < 4.78 is 44.3. The lowest BCUT2D eigenvalue weighted by Gasteiger charge is -2.33. The monoisotopic (exact) mass is 370 g/mol. The fraction of sp³-hybridized carbons (Fsp3) is 0.632. The third-order valence-electron chi connectivity index (χ3n) is 5.22. The normalized spacial score (nSPS) is 22.5. The van der Waals surface area contributed by atoms with Gasteiger partial charge in [0.15, 0.2) is 0 Å². The topological polar surface area (TPSA) is 41.6 Å². The molecule has 0 radical (unpaired) electrons. The molecule has 0 aliphatic carbocycles. The molecule has 1 aromatic rings. The molecule has 0 aromatic heterocycles. The van der Waals surface area contributed by atoms with Crippen LogP contribution in [0.5, 0.6) is 0 Å². The number of alkyl halides is 3. The Morgan fingerprint density at radius 1 is 1.27 bits per heavy atom. The molecule has 2 aliphatic heterocycles. The Bertz CT molecular complexity index is 634. The second-order valence-corrected chi connectivity index (χ2v) is 7.21. The van der Waals surface area contributed by atoms with Crippen molar-refractivity contribution >= 4 is 5.91 Å². The fourth-order valence-electron chi connectivity index (χ4n) is 3.64. The van der Waals surface area contributed by atoms with Crippen molar-refractivity contribution in [2.75, 3.05) is 26.2 Å². The lowest BCUT2D eigenvalue weighted by atomic mass is 10.0. The molecule has 26 heavy (non-hydrogen) atoms. The number of rotatable bonds is 4. The molecule has 1 amide bonds. The number of carbonyl (C=O) groups excluding carboxylic acids is 1. The van der Waals surface area contributed by atoms with Crippen LogP contribution in [0.1, 0.15) is 47.2 Å². The molecule has 3 rings (SSSR count). The minimum Gasteiger partial charge on any atom is -0.377 e. The number of ether oxygens (including phenoxy) is 1. The number of nitrogens with zero attached hydrogens (tertiary/aromatic N) is 1. The Labute approximate surface area is 151 Å². The molecular formula is C19H25F3N2O2. The van der Waals surface area contributed by atoms with Gasteiger partial charge >= 0.3 is 6.18 Å². The van der Waals surface area contributed by atoms with E-state index in [0.717, 1.165) is 64.1 Å². The van der Waals surface area contributed by atoms with E-state index in [1.54, 1.807) is 6.92 Å². The number of nitrogens with one attached hydrogen (secondary N) is 1. The third-order valence-corrected chi connectivity index (χ3v) is 5.22. The molecule has 0 unspecified atom stereocenters. The Morgan fingerprint density at radius 2 is 2.00 bits per heavy atom. The Balaban J connectivity index is 1.54. The molecular weight excluding hydrogens is 345 g/mol. The number of carbonyl (C=O) groups is 1. The molecule has 144 valence electrons. The maximum absolute atomic E-state index is 12.9. The third kappa shape index (κ3) is 4.76. The number of hydrogen-bond donors (Lipinski definition) is 1. The van der Waals surface area contributed by atoms with Crippen LogP contribution >= 0.6 is 0 Å². The largest absolute Gasteiger partial charge is 0.416 e. The first kappa shape index (κ1) is 19.2. The number of hydrogen-bond acceptors (Lipinski definition) is 3. The van der Waals surface area contributed by atoms with Crippen LogP contribution in [0.2, 0.25) is 0 Å². The van der Waals surface area contributed by atoms with E-state index < -0.39 is 17.6 Å². The van der Waals surface area contributed by atoms with Gasteiger partial charge in [0.2, 0.25) is 0 Å². The number of halogens is 3. The molecule has 2 heterocycles. The van der Waals surface area contributed by atoms with E-state index in [9.17, 15) is 18.0 Å². The Kier molecular flexibility index (Phi) is 5.87. The van der Waals surface area contributed by atoms with E-state index >= 15 is 0 Å². The Morgan fingerprint density at radius 3 is 2.62 bits per heavy atom. The lowest BCUT2D eigenvalue weighted by Crippen LogP contribution is -2.46. The van der Waals surface area contributed by atoms with Gasteiger partial charge in [-0.05, 0) is 50.3 Å². The molecule has 7 heteroatoms. The van der Waals surface area contributed by atoms with Crippen molar-refractivity contribution in [1.82, 2.24) is 10.2 Å². The summed E-state index contributed by atoms with van der Waals surface area (Å²) in [7, 11) is 0. The first-order chi connectivity index (χ1) is 12.3. The maximum Gasteiger partial charge on any atom is 0.416 e. The van der Waals surface area contributed by atoms with Gasteiger partial charge in [-0.1, -0.05) is 6.07 Å². The second-order valence-electron chi connectivity index (χ2n) is 7.21. The molecule has 2 fully saturated rings. The summed E-state index contributed by atoms with van der Waals surface area (Å²) in [4.78, 5) is 14.8. The van der Waals surface area contributed by atoms with Gasteiger partial charge in [0.25, 0.3) is 5.91 Å². The number of amides is 1. The van der Waals surface area contributed by atoms with Gasteiger partial charge in [-0.15, -0.1) is 0 Å². The van der Waals surface area contributed by atoms with Crippen molar-refractivity contribution in [2.24, 2.45) is 0 Å². The van der Waals surface area contributed by atoms with Gasteiger partial charge in [-0.25, -0.2) is 0 Å². The van der Waals surface area contributed by atoms with Crippen molar-refractivity contribution < 1.29 is 22.7 Å². The van der Waals surface area contributed by atoms with E-state index in [0.29, 0.717) is 11.7 Å². The van der Waals surface area contributed by atoms with E-state index in [2.05, 4.69) is 10.2 Å². The van der Waals surface area contributed by atoms with E-state index in [1.807, 2.05) is 0 Å². The predicted octanol–water partition coefficient (Wildman–Crippen LogP) is 3.39. The van der Waals surface area contributed by atoms with Crippen LogP contribution in [0.25, 0.3) is 0 Å². The highest BCUT2D eigenvalue weighted by Crippen LogP contribution is 2.30. The summed E-state index contributed by atoms with van der Waals surface area (Å²) in [6.07, 6.45) is -0.309. The van der Waals surface area contributed by atoms with Gasteiger partial charge in [0.05, 0.1) is 11.7 Å². The lowest BCUT2D eigenvalue weighted by molar-refractivity contribution is -0.137. The van der Waals surface area contributed by atoms with Gasteiger partial charge in [-0.3, -0.25) is 4.79 Å². The van der Waals surface area contributed by atoms with Crippen LogP contribution in [0.4, 0.5) is 13.2 Å². The first-order valence-electron chi connectivity index (χ1n) is 9.15. The van der Waals surface area contributed by atoms with Crippen molar-refractivity contribution in [2.45, 2.75) is 50.9 Å². The van der Waals surface area contributed by atoms with Crippen molar-refractivity contribution in [3.8, 4) is 0 Å². The summed E-state index contributed by atoms with van der Waals surface area (Å²) in [6.45, 7) is 5.15.